The summed E-state index contributed by atoms with van der Waals surface area (Å²) in [7, 11) is 1.31. The zero-order valence-electron chi connectivity index (χ0n) is 16.1. The summed E-state index contributed by atoms with van der Waals surface area (Å²) in [6.07, 6.45) is 4.63. The third-order valence-electron chi connectivity index (χ3n) is 5.98. The Bertz CT molecular complexity index is 660. The number of nitrogens with zero attached hydrogens (tertiary/aromatic N) is 1. The highest BCUT2D eigenvalue weighted by Gasteiger charge is 2.73. The van der Waals surface area contributed by atoms with Crippen LogP contribution in [0.2, 0.25) is 0 Å². The molecule has 3 rings (SSSR count). The Kier molecular flexibility index (Phi) is 5.46. The van der Waals surface area contributed by atoms with Crippen molar-refractivity contribution in [1.29, 1.82) is 0 Å². The molecule has 150 valence electrons. The molecule has 0 aromatic carbocycles. The van der Waals surface area contributed by atoms with Crippen molar-refractivity contribution in [3.05, 3.63) is 11.8 Å². The number of carbonyl (C=O) groups excluding carboxylic acids is 3. The minimum atomic E-state index is -0.970. The van der Waals surface area contributed by atoms with E-state index >= 15 is 0 Å². The quantitative estimate of drug-likeness (QED) is 0.509. The van der Waals surface area contributed by atoms with Crippen molar-refractivity contribution in [3.63, 3.8) is 0 Å². The lowest BCUT2D eigenvalue weighted by Crippen LogP contribution is -2.59. The molecule has 1 saturated carbocycles. The minimum absolute atomic E-state index is 0.0824. The SMILES string of the molecule is CCOC(=O)C[C@H]1C[C@]2(C(=O)OCC)CCCC[C@]23C(C(=O)OC)=CON13. The van der Waals surface area contributed by atoms with Crippen LogP contribution < -0.4 is 0 Å². The lowest BCUT2D eigenvalue weighted by molar-refractivity contribution is -0.191. The summed E-state index contributed by atoms with van der Waals surface area (Å²) in [5.74, 6) is -1.23. The molecule has 0 aromatic heterocycles. The van der Waals surface area contributed by atoms with Gasteiger partial charge >= 0.3 is 17.9 Å². The molecule has 1 spiro atoms. The number of ether oxygens (including phenoxy) is 3. The summed E-state index contributed by atoms with van der Waals surface area (Å²) < 4.78 is 15.5. The van der Waals surface area contributed by atoms with Crippen molar-refractivity contribution in [2.24, 2.45) is 5.41 Å². The topological polar surface area (TPSA) is 91.4 Å². The van der Waals surface area contributed by atoms with E-state index in [1.807, 2.05) is 0 Å². The molecule has 8 heteroatoms. The summed E-state index contributed by atoms with van der Waals surface area (Å²) >= 11 is 0. The lowest BCUT2D eigenvalue weighted by Gasteiger charge is -2.47. The molecule has 2 aliphatic heterocycles. The third-order valence-corrected chi connectivity index (χ3v) is 5.98. The molecule has 0 amide bonds. The van der Waals surface area contributed by atoms with Gasteiger partial charge in [0.15, 0.2) is 0 Å². The second-order valence-corrected chi connectivity index (χ2v) is 7.19. The number of rotatable bonds is 6. The highest BCUT2D eigenvalue weighted by atomic mass is 16.7. The second-order valence-electron chi connectivity index (χ2n) is 7.19. The van der Waals surface area contributed by atoms with E-state index in [9.17, 15) is 14.4 Å². The first-order valence-corrected chi connectivity index (χ1v) is 9.54. The van der Waals surface area contributed by atoms with E-state index in [1.165, 1.54) is 13.4 Å². The van der Waals surface area contributed by atoms with Crippen LogP contribution in [0.15, 0.2) is 11.8 Å². The molecule has 0 aromatic rings. The third kappa shape index (κ3) is 2.81. The molecular weight excluding hydrogens is 354 g/mol. The molecule has 2 heterocycles. The van der Waals surface area contributed by atoms with Gasteiger partial charge in [0.05, 0.1) is 43.8 Å². The maximum atomic E-state index is 13.2. The molecule has 3 aliphatic rings. The van der Waals surface area contributed by atoms with Crippen molar-refractivity contribution in [3.8, 4) is 0 Å². The van der Waals surface area contributed by atoms with Crippen LogP contribution in [0.4, 0.5) is 0 Å². The van der Waals surface area contributed by atoms with E-state index in [0.29, 0.717) is 24.8 Å². The van der Waals surface area contributed by atoms with Gasteiger partial charge in [0.2, 0.25) is 0 Å². The molecule has 0 bridgehead atoms. The van der Waals surface area contributed by atoms with E-state index in [1.54, 1.807) is 18.9 Å². The second kappa shape index (κ2) is 7.50. The zero-order chi connectivity index (χ0) is 19.7. The lowest BCUT2D eigenvalue weighted by atomic mass is 9.58. The Balaban J connectivity index is 2.05. The van der Waals surface area contributed by atoms with Gasteiger partial charge in [0.25, 0.3) is 0 Å². The van der Waals surface area contributed by atoms with E-state index in [0.717, 1.165) is 12.8 Å². The van der Waals surface area contributed by atoms with E-state index in [4.69, 9.17) is 19.0 Å². The van der Waals surface area contributed by atoms with Gasteiger partial charge in [-0.05, 0) is 33.1 Å². The molecule has 0 N–H and O–H groups in total. The van der Waals surface area contributed by atoms with Crippen molar-refractivity contribution in [2.75, 3.05) is 20.3 Å². The first kappa shape index (κ1) is 19.7. The van der Waals surface area contributed by atoms with Crippen molar-refractivity contribution in [2.45, 2.75) is 64.0 Å². The van der Waals surface area contributed by atoms with Crippen molar-refractivity contribution < 1.29 is 33.4 Å². The molecular formula is C19H27NO7. The van der Waals surface area contributed by atoms with Crippen molar-refractivity contribution in [1.82, 2.24) is 5.06 Å². The fourth-order valence-corrected chi connectivity index (χ4v) is 5.05. The summed E-state index contributed by atoms with van der Waals surface area (Å²) in [6, 6.07) is -0.384. The first-order valence-electron chi connectivity index (χ1n) is 9.54. The number of hydrogen-bond acceptors (Lipinski definition) is 8. The first-order chi connectivity index (χ1) is 13.0. The van der Waals surface area contributed by atoms with E-state index < -0.39 is 16.9 Å². The van der Waals surface area contributed by atoms with Crippen LogP contribution in [0.5, 0.6) is 0 Å². The van der Waals surface area contributed by atoms with Gasteiger partial charge < -0.3 is 19.0 Å². The number of hydroxylamine groups is 2. The van der Waals surface area contributed by atoms with Gasteiger partial charge in [-0.15, -0.1) is 5.06 Å². The summed E-state index contributed by atoms with van der Waals surface area (Å²) in [6.45, 7) is 4.04. The molecule has 8 nitrogen and oxygen atoms in total. The molecule has 2 fully saturated rings. The maximum absolute atomic E-state index is 13.2. The van der Waals surface area contributed by atoms with Crippen LogP contribution in [-0.4, -0.2) is 54.9 Å². The molecule has 27 heavy (non-hydrogen) atoms. The molecule has 1 saturated heterocycles. The van der Waals surface area contributed by atoms with Crippen LogP contribution >= 0.6 is 0 Å². The Morgan fingerprint density at radius 3 is 2.56 bits per heavy atom. The Hall–Kier alpha value is -2.09. The molecule has 1 aliphatic carbocycles. The number of carbonyl (C=O) groups is 3. The van der Waals surface area contributed by atoms with Gasteiger partial charge in [0, 0.05) is 0 Å². The smallest absolute Gasteiger partial charge is 0.339 e. The maximum Gasteiger partial charge on any atom is 0.339 e. The van der Waals surface area contributed by atoms with Gasteiger partial charge in [-0.3, -0.25) is 9.59 Å². The average Bonchev–Trinajstić information content (AvgIpc) is 3.15. The monoisotopic (exact) mass is 381 g/mol. The summed E-state index contributed by atoms with van der Waals surface area (Å²) in [5.41, 5.74) is -1.60. The number of hydrogen-bond donors (Lipinski definition) is 0. The van der Waals surface area contributed by atoms with E-state index in [-0.39, 0.29) is 37.6 Å². The summed E-state index contributed by atoms with van der Waals surface area (Å²) in [4.78, 5) is 43.6. The van der Waals surface area contributed by atoms with Crippen molar-refractivity contribution >= 4 is 17.9 Å². The van der Waals surface area contributed by atoms with Crippen LogP contribution in [0, 0.1) is 5.41 Å². The molecule has 3 atom stereocenters. The predicted molar refractivity (Wildman–Crippen MR) is 92.9 cm³/mol. The predicted octanol–water partition coefficient (Wildman–Crippen LogP) is 1.88. The Morgan fingerprint density at radius 1 is 1.19 bits per heavy atom. The van der Waals surface area contributed by atoms with E-state index in [2.05, 4.69) is 0 Å². The Morgan fingerprint density at radius 2 is 1.89 bits per heavy atom. The number of methoxy groups -OCH3 is 1. The minimum Gasteiger partial charge on any atom is -0.466 e. The molecule has 0 radical (unpaired) electrons. The summed E-state index contributed by atoms with van der Waals surface area (Å²) in [5, 5.41) is 1.66. The van der Waals surface area contributed by atoms with Crippen LogP contribution in [0.1, 0.15) is 52.4 Å². The highest BCUT2D eigenvalue weighted by Crippen LogP contribution is 2.63. The standard InChI is InChI=1S/C19H27NO7/c1-4-25-15(21)10-13-11-18(17(23)26-5-2)8-6-7-9-19(18)14(16(22)24-3)12-27-20(13)19/h12-13H,4-11H2,1-3H3/t13-,18-,19-/m0/s1. The normalized spacial score (nSPS) is 32.0. The van der Waals surface area contributed by atoms with Crippen LogP contribution in [0.3, 0.4) is 0 Å². The van der Waals surface area contributed by atoms with Crippen LogP contribution in [0.25, 0.3) is 0 Å². The van der Waals surface area contributed by atoms with Gasteiger partial charge in [-0.25, -0.2) is 4.79 Å². The van der Waals surface area contributed by atoms with Gasteiger partial charge in [0.1, 0.15) is 11.8 Å². The van der Waals surface area contributed by atoms with Gasteiger partial charge in [-0.2, -0.15) is 0 Å². The zero-order valence-corrected chi connectivity index (χ0v) is 16.1. The average molecular weight is 381 g/mol. The van der Waals surface area contributed by atoms with Crippen LogP contribution in [-0.2, 0) is 33.4 Å². The number of esters is 3. The fourth-order valence-electron chi connectivity index (χ4n) is 5.05. The Labute approximate surface area is 158 Å². The largest absolute Gasteiger partial charge is 0.466 e. The highest BCUT2D eigenvalue weighted by molar-refractivity contribution is 5.95. The van der Waals surface area contributed by atoms with Gasteiger partial charge in [-0.1, -0.05) is 12.8 Å². The fraction of sp³-hybridized carbons (Fsp3) is 0.737. The molecule has 0 unspecified atom stereocenters.